The summed E-state index contributed by atoms with van der Waals surface area (Å²) in [6.45, 7) is 0.143. The van der Waals surface area contributed by atoms with Gasteiger partial charge in [0.2, 0.25) is 0 Å². The summed E-state index contributed by atoms with van der Waals surface area (Å²) in [5.41, 5.74) is 0.942. The quantitative estimate of drug-likeness (QED) is 0.802. The van der Waals surface area contributed by atoms with Crippen LogP contribution in [0.1, 0.15) is 11.1 Å². The van der Waals surface area contributed by atoms with Gasteiger partial charge < -0.3 is 4.74 Å². The van der Waals surface area contributed by atoms with E-state index in [1.165, 1.54) is 17.7 Å². The van der Waals surface area contributed by atoms with Crippen LogP contribution in [-0.4, -0.2) is 9.55 Å². The first-order valence-corrected chi connectivity index (χ1v) is 5.84. The van der Waals surface area contributed by atoms with Crippen LogP contribution in [0.5, 0.6) is 6.01 Å². The van der Waals surface area contributed by atoms with Gasteiger partial charge in [-0.05, 0) is 6.07 Å². The van der Waals surface area contributed by atoms with Gasteiger partial charge in [0.05, 0.1) is 11.6 Å². The summed E-state index contributed by atoms with van der Waals surface area (Å²) in [6.07, 6.45) is 0. The predicted octanol–water partition coefficient (Wildman–Crippen LogP) is 1.88. The number of nitrogens with zero attached hydrogens (tertiary/aromatic N) is 3. The molecule has 0 fully saturated rings. The maximum atomic E-state index is 11.5. The molecule has 0 N–H and O–H groups in total. The van der Waals surface area contributed by atoms with Crippen molar-refractivity contribution in [2.24, 2.45) is 7.05 Å². The molecule has 0 radical (unpaired) electrons. The molecular formula is C13H10ClN3O2. The average Bonchev–Trinajstić information content (AvgIpc) is 2.41. The van der Waals surface area contributed by atoms with Crippen LogP contribution in [0.25, 0.3) is 0 Å². The molecule has 0 aliphatic heterocycles. The zero-order valence-corrected chi connectivity index (χ0v) is 10.9. The van der Waals surface area contributed by atoms with Crippen molar-refractivity contribution in [3.63, 3.8) is 0 Å². The summed E-state index contributed by atoms with van der Waals surface area (Å²) in [5, 5.41) is 9.04. The minimum absolute atomic E-state index is 0.0756. The Hall–Kier alpha value is -2.32. The lowest BCUT2D eigenvalue weighted by atomic mass is 10.1. The van der Waals surface area contributed by atoms with Gasteiger partial charge >= 0.3 is 6.01 Å². The van der Waals surface area contributed by atoms with E-state index in [2.05, 4.69) is 11.1 Å². The predicted molar refractivity (Wildman–Crippen MR) is 70.0 cm³/mol. The van der Waals surface area contributed by atoms with Crippen LogP contribution in [0.2, 0.25) is 5.15 Å². The molecule has 0 saturated carbocycles. The molecule has 1 aromatic heterocycles. The Morgan fingerprint density at radius 3 is 2.95 bits per heavy atom. The third-order valence-corrected chi connectivity index (χ3v) is 2.75. The molecule has 0 saturated heterocycles. The van der Waals surface area contributed by atoms with Crippen molar-refractivity contribution < 1.29 is 4.74 Å². The first-order valence-electron chi connectivity index (χ1n) is 5.46. The van der Waals surface area contributed by atoms with E-state index in [9.17, 15) is 4.79 Å². The third-order valence-electron chi connectivity index (χ3n) is 2.56. The lowest BCUT2D eigenvalue weighted by molar-refractivity contribution is 0.265. The van der Waals surface area contributed by atoms with Gasteiger partial charge in [0.25, 0.3) is 5.56 Å². The molecule has 0 aliphatic carbocycles. The number of aromatic nitrogens is 2. The smallest absolute Gasteiger partial charge is 0.300 e. The van der Waals surface area contributed by atoms with Gasteiger partial charge in [-0.1, -0.05) is 29.8 Å². The maximum Gasteiger partial charge on any atom is 0.300 e. The van der Waals surface area contributed by atoms with Gasteiger partial charge in [-0.15, -0.1) is 0 Å². The third kappa shape index (κ3) is 2.92. The van der Waals surface area contributed by atoms with Crippen molar-refractivity contribution in [1.29, 1.82) is 5.26 Å². The number of ether oxygens (including phenoxy) is 1. The Bertz CT molecular complexity index is 704. The average molecular weight is 276 g/mol. The Balaban J connectivity index is 2.24. The van der Waals surface area contributed by atoms with E-state index < -0.39 is 0 Å². The number of hydrogen-bond donors (Lipinski definition) is 0. The van der Waals surface area contributed by atoms with E-state index >= 15 is 0 Å². The zero-order valence-electron chi connectivity index (χ0n) is 10.1. The van der Waals surface area contributed by atoms with Crippen molar-refractivity contribution in [3.8, 4) is 12.1 Å². The molecule has 0 atom stereocenters. The largest absolute Gasteiger partial charge is 0.460 e. The molecule has 2 rings (SSSR count). The SMILES string of the molecule is Cn1c(OCc2ccccc2C#N)nc(Cl)cc1=O. The van der Waals surface area contributed by atoms with E-state index in [1.54, 1.807) is 18.2 Å². The highest BCUT2D eigenvalue weighted by Crippen LogP contribution is 2.13. The van der Waals surface area contributed by atoms with Crippen LogP contribution in [-0.2, 0) is 13.7 Å². The van der Waals surface area contributed by atoms with Crippen LogP contribution in [0, 0.1) is 11.3 Å². The molecule has 2 aromatic rings. The highest BCUT2D eigenvalue weighted by atomic mass is 35.5. The molecule has 96 valence electrons. The van der Waals surface area contributed by atoms with E-state index in [1.807, 2.05) is 6.07 Å². The van der Waals surface area contributed by atoms with Crippen LogP contribution in [0.3, 0.4) is 0 Å². The molecule has 0 bridgehead atoms. The van der Waals surface area contributed by atoms with Gasteiger partial charge in [0.1, 0.15) is 11.8 Å². The Kier molecular flexibility index (Phi) is 3.83. The molecule has 1 aromatic carbocycles. The molecule has 19 heavy (non-hydrogen) atoms. The Labute approximate surface area is 114 Å². The van der Waals surface area contributed by atoms with E-state index in [0.29, 0.717) is 5.56 Å². The van der Waals surface area contributed by atoms with Crippen molar-refractivity contribution in [3.05, 3.63) is 57.0 Å². The molecule has 0 spiro atoms. The number of nitriles is 1. The first kappa shape index (κ1) is 13.1. The fraction of sp³-hybridized carbons (Fsp3) is 0.154. The molecule has 1 heterocycles. The second-order valence-corrected chi connectivity index (χ2v) is 4.20. The van der Waals surface area contributed by atoms with E-state index in [4.69, 9.17) is 21.6 Å². The lowest BCUT2D eigenvalue weighted by Crippen LogP contribution is -2.19. The minimum atomic E-state index is -0.302. The van der Waals surface area contributed by atoms with Gasteiger partial charge in [-0.2, -0.15) is 10.2 Å². The summed E-state index contributed by atoms with van der Waals surface area (Å²) in [4.78, 5) is 15.4. The zero-order chi connectivity index (χ0) is 13.8. The van der Waals surface area contributed by atoms with Gasteiger partial charge in [0, 0.05) is 18.7 Å². The molecule has 0 amide bonds. The summed E-state index contributed by atoms with van der Waals surface area (Å²) in [5.74, 6) is 0. The maximum absolute atomic E-state index is 11.5. The fourth-order valence-electron chi connectivity index (χ4n) is 1.52. The van der Waals surface area contributed by atoms with Crippen molar-refractivity contribution in [2.45, 2.75) is 6.61 Å². The van der Waals surface area contributed by atoms with E-state index in [-0.39, 0.29) is 23.3 Å². The van der Waals surface area contributed by atoms with Crippen LogP contribution >= 0.6 is 11.6 Å². The fourth-order valence-corrected chi connectivity index (χ4v) is 1.68. The number of rotatable bonds is 3. The second-order valence-electron chi connectivity index (χ2n) is 3.82. The highest BCUT2D eigenvalue weighted by molar-refractivity contribution is 6.29. The van der Waals surface area contributed by atoms with E-state index in [0.717, 1.165) is 5.56 Å². The lowest BCUT2D eigenvalue weighted by Gasteiger charge is -2.09. The number of halogens is 1. The van der Waals surface area contributed by atoms with Crippen LogP contribution < -0.4 is 10.3 Å². The Morgan fingerprint density at radius 2 is 2.21 bits per heavy atom. The van der Waals surface area contributed by atoms with Gasteiger partial charge in [-0.3, -0.25) is 9.36 Å². The minimum Gasteiger partial charge on any atom is -0.460 e. The van der Waals surface area contributed by atoms with Crippen LogP contribution in [0.4, 0.5) is 0 Å². The normalized spacial score (nSPS) is 9.95. The summed E-state index contributed by atoms with van der Waals surface area (Å²) in [7, 11) is 1.54. The van der Waals surface area contributed by atoms with Gasteiger partial charge in [-0.25, -0.2) is 0 Å². The van der Waals surface area contributed by atoms with Gasteiger partial charge in [0.15, 0.2) is 0 Å². The second kappa shape index (κ2) is 5.55. The molecule has 5 nitrogen and oxygen atoms in total. The highest BCUT2D eigenvalue weighted by Gasteiger charge is 2.07. The monoisotopic (exact) mass is 275 g/mol. The molecular weight excluding hydrogens is 266 g/mol. The summed E-state index contributed by atoms with van der Waals surface area (Å²) < 4.78 is 6.69. The Morgan fingerprint density at radius 1 is 1.47 bits per heavy atom. The molecule has 0 unspecified atom stereocenters. The molecule has 6 heteroatoms. The number of benzene rings is 1. The standard InChI is InChI=1S/C13H10ClN3O2/c1-17-12(18)6-11(14)16-13(17)19-8-10-5-3-2-4-9(10)7-15/h2-6H,8H2,1H3. The van der Waals surface area contributed by atoms with Crippen molar-refractivity contribution >= 4 is 11.6 Å². The van der Waals surface area contributed by atoms with Crippen molar-refractivity contribution in [1.82, 2.24) is 9.55 Å². The summed E-state index contributed by atoms with van der Waals surface area (Å²) in [6, 6.07) is 10.5. The first-order chi connectivity index (χ1) is 9.11. The summed E-state index contributed by atoms with van der Waals surface area (Å²) >= 11 is 5.71. The topological polar surface area (TPSA) is 67.9 Å². The van der Waals surface area contributed by atoms with Crippen LogP contribution in [0.15, 0.2) is 35.1 Å². The molecule has 0 aliphatic rings. The van der Waals surface area contributed by atoms with Crippen molar-refractivity contribution in [2.75, 3.05) is 0 Å². The number of hydrogen-bond acceptors (Lipinski definition) is 4.